The van der Waals surface area contributed by atoms with E-state index in [0.717, 1.165) is 12.1 Å². The summed E-state index contributed by atoms with van der Waals surface area (Å²) in [6.07, 6.45) is 0. The highest BCUT2D eigenvalue weighted by molar-refractivity contribution is 5.61. The number of halogens is 1. The lowest BCUT2D eigenvalue weighted by Gasteiger charge is -1.86. The summed E-state index contributed by atoms with van der Waals surface area (Å²) in [5.41, 5.74) is -0.820. The maximum absolute atomic E-state index is 12.4. The van der Waals surface area contributed by atoms with Gasteiger partial charge in [-0.05, 0) is 6.07 Å². The second-order valence-corrected chi connectivity index (χ2v) is 1.99. The highest BCUT2D eigenvalue weighted by Gasteiger charge is 2.24. The molecule has 60 valence electrons. The molecular weight excluding hydrogens is 165 g/mol. The molecular formula is C6H3FN3O2+. The molecule has 0 aliphatic heterocycles. The van der Waals surface area contributed by atoms with Gasteiger partial charge in [0.05, 0.1) is 11.0 Å². The predicted octanol–water partition coefficient (Wildman–Crippen LogP) is 2.22. The number of nitro benzene ring substituents is 1. The quantitative estimate of drug-likeness (QED) is 0.366. The van der Waals surface area contributed by atoms with Crippen LogP contribution in [0.25, 0.3) is 4.98 Å². The van der Waals surface area contributed by atoms with Crippen LogP contribution in [0.5, 0.6) is 0 Å². The average molecular weight is 168 g/mol. The summed E-state index contributed by atoms with van der Waals surface area (Å²) in [6, 6.07) is 2.69. The number of hydrogen-bond acceptors (Lipinski definition) is 3. The number of diazo groups is 1. The highest BCUT2D eigenvalue weighted by atomic mass is 19.1. The largest absolute Gasteiger partial charge is 0.461 e. The second-order valence-electron chi connectivity index (χ2n) is 1.99. The van der Waals surface area contributed by atoms with E-state index in [9.17, 15) is 14.5 Å². The molecule has 0 atom stereocenters. The van der Waals surface area contributed by atoms with Crippen LogP contribution in [0.2, 0.25) is 0 Å². The van der Waals surface area contributed by atoms with Crippen molar-refractivity contribution < 1.29 is 9.31 Å². The zero-order chi connectivity index (χ0) is 9.14. The summed E-state index contributed by atoms with van der Waals surface area (Å²) in [6.45, 7) is 0. The monoisotopic (exact) mass is 168 g/mol. The number of hydrogen-bond donors (Lipinski definition) is 0. The molecule has 0 N–H and O–H groups in total. The smallest absolute Gasteiger partial charge is 0.258 e. The maximum atomic E-state index is 12.4. The summed E-state index contributed by atoms with van der Waals surface area (Å²) < 4.78 is 12.4. The first-order valence-corrected chi connectivity index (χ1v) is 2.94. The van der Waals surface area contributed by atoms with Crippen molar-refractivity contribution in [3.05, 3.63) is 39.1 Å². The van der Waals surface area contributed by atoms with E-state index in [-0.39, 0.29) is 5.69 Å². The lowest BCUT2D eigenvalue weighted by atomic mass is 10.3. The Balaban J connectivity index is 3.34. The van der Waals surface area contributed by atoms with Gasteiger partial charge >= 0.3 is 11.4 Å². The minimum atomic E-state index is -0.821. The Labute approximate surface area is 66.2 Å². The lowest BCUT2D eigenvalue weighted by molar-refractivity contribution is -0.384. The molecule has 0 spiro atoms. The molecule has 0 heterocycles. The van der Waals surface area contributed by atoms with Crippen molar-refractivity contribution in [3.63, 3.8) is 0 Å². The molecule has 0 aliphatic carbocycles. The lowest BCUT2D eigenvalue weighted by Crippen LogP contribution is -1.88. The molecule has 0 aromatic heterocycles. The summed E-state index contributed by atoms with van der Waals surface area (Å²) in [7, 11) is 0. The van der Waals surface area contributed by atoms with Crippen molar-refractivity contribution in [1.29, 1.82) is 5.39 Å². The van der Waals surface area contributed by atoms with Crippen molar-refractivity contribution >= 4 is 11.4 Å². The molecule has 1 rings (SSSR count). The van der Waals surface area contributed by atoms with Gasteiger partial charge < -0.3 is 0 Å². The van der Waals surface area contributed by atoms with Crippen molar-refractivity contribution in [2.24, 2.45) is 0 Å². The molecule has 0 fully saturated rings. The van der Waals surface area contributed by atoms with Crippen LogP contribution >= 0.6 is 0 Å². The maximum Gasteiger partial charge on any atom is 0.461 e. The fourth-order valence-corrected chi connectivity index (χ4v) is 0.727. The van der Waals surface area contributed by atoms with Crippen molar-refractivity contribution in [1.82, 2.24) is 0 Å². The van der Waals surface area contributed by atoms with E-state index in [1.165, 1.54) is 0 Å². The first-order valence-electron chi connectivity index (χ1n) is 2.94. The van der Waals surface area contributed by atoms with Crippen LogP contribution in [0.3, 0.4) is 0 Å². The SMILES string of the molecule is N#[N+]c1ccc(F)cc1[N+](=O)[O-]. The van der Waals surface area contributed by atoms with Crippen molar-refractivity contribution in [3.8, 4) is 0 Å². The topological polar surface area (TPSA) is 71.3 Å². The van der Waals surface area contributed by atoms with E-state index < -0.39 is 16.4 Å². The van der Waals surface area contributed by atoms with Crippen LogP contribution in [0.15, 0.2) is 18.2 Å². The summed E-state index contributed by atoms with van der Waals surface area (Å²) in [5.74, 6) is -0.742. The fourth-order valence-electron chi connectivity index (χ4n) is 0.727. The molecule has 0 radical (unpaired) electrons. The predicted molar refractivity (Wildman–Crippen MR) is 37.8 cm³/mol. The third-order valence-electron chi connectivity index (χ3n) is 1.24. The van der Waals surface area contributed by atoms with Gasteiger partial charge in [0.15, 0.2) is 4.98 Å². The minimum absolute atomic E-state index is 0.263. The number of nitrogens with zero attached hydrogens (tertiary/aromatic N) is 3. The van der Waals surface area contributed by atoms with Gasteiger partial charge in [-0.25, -0.2) is 4.39 Å². The van der Waals surface area contributed by atoms with E-state index >= 15 is 0 Å². The van der Waals surface area contributed by atoms with E-state index in [1.54, 1.807) is 0 Å². The summed E-state index contributed by atoms with van der Waals surface area (Å²) in [5, 5.41) is 18.5. The first-order chi connectivity index (χ1) is 5.65. The van der Waals surface area contributed by atoms with Gasteiger partial charge in [0, 0.05) is 6.07 Å². The molecule has 12 heavy (non-hydrogen) atoms. The van der Waals surface area contributed by atoms with E-state index in [1.807, 2.05) is 0 Å². The molecule has 0 aliphatic rings. The Kier molecular flexibility index (Phi) is 1.96. The summed E-state index contributed by atoms with van der Waals surface area (Å²) >= 11 is 0. The van der Waals surface area contributed by atoms with Gasteiger partial charge in [0.2, 0.25) is 5.39 Å². The highest BCUT2D eigenvalue weighted by Crippen LogP contribution is 2.27. The Morgan fingerprint density at radius 3 is 2.75 bits per heavy atom. The Hall–Kier alpha value is -2.03. The van der Waals surface area contributed by atoms with E-state index in [4.69, 9.17) is 5.39 Å². The number of rotatable bonds is 1. The third kappa shape index (κ3) is 1.34. The van der Waals surface area contributed by atoms with Gasteiger partial charge in [0.1, 0.15) is 5.82 Å². The van der Waals surface area contributed by atoms with Crippen LogP contribution in [0.4, 0.5) is 15.8 Å². The van der Waals surface area contributed by atoms with Gasteiger partial charge in [-0.3, -0.25) is 10.1 Å². The van der Waals surface area contributed by atoms with E-state index in [0.29, 0.717) is 6.07 Å². The first kappa shape index (κ1) is 8.07. The molecule has 6 heteroatoms. The van der Waals surface area contributed by atoms with Crippen molar-refractivity contribution in [2.75, 3.05) is 0 Å². The van der Waals surface area contributed by atoms with Crippen LogP contribution < -0.4 is 0 Å². The molecule has 0 unspecified atom stereocenters. The van der Waals surface area contributed by atoms with Gasteiger partial charge in [0.25, 0.3) is 0 Å². The van der Waals surface area contributed by atoms with Gasteiger partial charge in [-0.2, -0.15) is 0 Å². The molecule has 1 aromatic rings. The number of benzene rings is 1. The van der Waals surface area contributed by atoms with Crippen LogP contribution in [0.1, 0.15) is 0 Å². The standard InChI is InChI=1S/C6H3FN3O2/c7-4-1-2-5(9-8)6(3-4)10(11)12/h1-3H/q+1. The minimum Gasteiger partial charge on any atom is -0.258 e. The van der Waals surface area contributed by atoms with Crippen LogP contribution in [0, 0.1) is 21.3 Å². The zero-order valence-electron chi connectivity index (χ0n) is 5.77. The molecule has 0 bridgehead atoms. The van der Waals surface area contributed by atoms with Crippen LogP contribution in [-0.2, 0) is 0 Å². The molecule has 5 nitrogen and oxygen atoms in total. The van der Waals surface area contributed by atoms with Gasteiger partial charge in [-0.15, -0.1) is 0 Å². The van der Waals surface area contributed by atoms with Gasteiger partial charge in [-0.1, -0.05) is 0 Å². The van der Waals surface area contributed by atoms with Crippen LogP contribution in [-0.4, -0.2) is 4.92 Å². The average Bonchev–Trinajstić information content (AvgIpc) is 2.04. The third-order valence-corrected chi connectivity index (χ3v) is 1.24. The Morgan fingerprint density at radius 2 is 2.25 bits per heavy atom. The second kappa shape index (κ2) is 2.92. The van der Waals surface area contributed by atoms with Crippen molar-refractivity contribution in [2.45, 2.75) is 0 Å². The number of nitro groups is 1. The Bertz CT molecular complexity index is 372. The normalized spacial score (nSPS) is 9.00. The Morgan fingerprint density at radius 1 is 1.58 bits per heavy atom. The molecule has 0 saturated carbocycles. The molecule has 0 saturated heterocycles. The molecule has 0 amide bonds. The fraction of sp³-hybridized carbons (Fsp3) is 0. The zero-order valence-corrected chi connectivity index (χ0v) is 5.77. The van der Waals surface area contributed by atoms with E-state index in [2.05, 4.69) is 4.98 Å². The summed E-state index contributed by atoms with van der Waals surface area (Å²) in [4.78, 5) is 12.0. The molecule has 1 aromatic carbocycles.